The Bertz CT molecular complexity index is 837. The molecule has 1 atom stereocenters. The van der Waals surface area contributed by atoms with E-state index in [1.807, 2.05) is 0 Å². The molecule has 0 saturated carbocycles. The van der Waals surface area contributed by atoms with Gasteiger partial charge in [-0.25, -0.2) is 4.39 Å². The molecule has 136 valence electrons. The third kappa shape index (κ3) is 3.20. The lowest BCUT2D eigenvalue weighted by Crippen LogP contribution is -2.50. The highest BCUT2D eigenvalue weighted by Gasteiger charge is 2.39. The molecule has 0 radical (unpaired) electrons. The number of carbonyl (C=O) groups is 2. The molecule has 0 spiro atoms. The number of anilines is 3. The first kappa shape index (κ1) is 18.1. The number of halogens is 1. The average molecular weight is 355 g/mol. The Morgan fingerprint density at radius 2 is 1.54 bits per heavy atom. The highest BCUT2D eigenvalue weighted by molar-refractivity contribution is 6.22. The molecule has 6 heteroatoms. The number of hydrogen-bond donors (Lipinski definition) is 1. The summed E-state index contributed by atoms with van der Waals surface area (Å²) in [5, 5.41) is 0. The Hall–Kier alpha value is -2.73. The van der Waals surface area contributed by atoms with Gasteiger partial charge in [-0.15, -0.1) is 0 Å². The van der Waals surface area contributed by atoms with Crippen LogP contribution in [0.4, 0.5) is 21.5 Å². The lowest BCUT2D eigenvalue weighted by Gasteiger charge is -2.26. The Balaban J connectivity index is 2.17. The van der Waals surface area contributed by atoms with Gasteiger partial charge in [0.25, 0.3) is 11.8 Å². The summed E-state index contributed by atoms with van der Waals surface area (Å²) in [6.45, 7) is 4.56. The maximum absolute atomic E-state index is 14.4. The Labute approximate surface area is 152 Å². The molecule has 26 heavy (non-hydrogen) atoms. The Morgan fingerprint density at radius 1 is 0.962 bits per heavy atom. The van der Waals surface area contributed by atoms with Gasteiger partial charge < -0.3 is 10.6 Å². The van der Waals surface area contributed by atoms with Gasteiger partial charge in [0, 0.05) is 6.54 Å². The zero-order valence-corrected chi connectivity index (χ0v) is 14.9. The van der Waals surface area contributed by atoms with Crippen molar-refractivity contribution in [3.8, 4) is 0 Å². The van der Waals surface area contributed by atoms with Crippen LogP contribution < -0.4 is 15.5 Å². The molecule has 0 bridgehead atoms. The van der Waals surface area contributed by atoms with E-state index in [1.54, 1.807) is 41.3 Å². The van der Waals surface area contributed by atoms with E-state index in [9.17, 15) is 14.0 Å². The third-order valence-electron chi connectivity index (χ3n) is 4.46. The van der Waals surface area contributed by atoms with E-state index in [2.05, 4.69) is 13.8 Å². The molecule has 1 heterocycles. The van der Waals surface area contributed by atoms with Gasteiger partial charge in [-0.1, -0.05) is 38.1 Å². The van der Waals surface area contributed by atoms with Crippen molar-refractivity contribution in [1.29, 1.82) is 0 Å². The molecule has 0 saturated heterocycles. The summed E-state index contributed by atoms with van der Waals surface area (Å²) in [4.78, 5) is 28.5. The van der Waals surface area contributed by atoms with Gasteiger partial charge in [-0.2, -0.15) is 0 Å². The molecule has 1 aliphatic heterocycles. The van der Waals surface area contributed by atoms with Gasteiger partial charge in [0.2, 0.25) is 0 Å². The summed E-state index contributed by atoms with van der Waals surface area (Å²) in [7, 11) is 0. The maximum Gasteiger partial charge on any atom is 0.258 e. The summed E-state index contributed by atoms with van der Waals surface area (Å²) in [5.74, 6) is -1.28. The van der Waals surface area contributed by atoms with Gasteiger partial charge in [0.1, 0.15) is 5.82 Å². The predicted molar refractivity (Wildman–Crippen MR) is 99.8 cm³/mol. The highest BCUT2D eigenvalue weighted by Crippen LogP contribution is 2.38. The Morgan fingerprint density at radius 3 is 2.15 bits per heavy atom. The quantitative estimate of drug-likeness (QED) is 0.857. The molecule has 0 fully saturated rings. The SMILES string of the molecule is CC(C)CCN1C(=O)C(N)C(=O)N(c2ccccc2F)c2ccccc21. The molecule has 5 nitrogen and oxygen atoms in total. The average Bonchev–Trinajstić information content (AvgIpc) is 2.70. The first-order chi connectivity index (χ1) is 12.4. The number of amides is 2. The zero-order valence-electron chi connectivity index (χ0n) is 14.9. The number of carbonyl (C=O) groups excluding carboxylic acids is 2. The van der Waals surface area contributed by atoms with E-state index in [0.717, 1.165) is 6.42 Å². The molecule has 2 N–H and O–H groups in total. The van der Waals surface area contributed by atoms with Crippen molar-refractivity contribution in [3.63, 3.8) is 0 Å². The molecule has 1 unspecified atom stereocenters. The van der Waals surface area contributed by atoms with Crippen molar-refractivity contribution >= 4 is 28.9 Å². The van der Waals surface area contributed by atoms with E-state index in [-0.39, 0.29) is 5.69 Å². The van der Waals surface area contributed by atoms with Crippen LogP contribution >= 0.6 is 0 Å². The standard InChI is InChI=1S/C20H22FN3O2/c1-13(2)11-12-23-16-9-5-6-10-17(16)24(20(26)18(22)19(23)25)15-8-4-3-7-14(15)21/h3-10,13,18H,11-12,22H2,1-2H3. The molecule has 2 aromatic carbocycles. The Kier molecular flexibility index (Phi) is 5.04. The predicted octanol–water partition coefficient (Wildman–Crippen LogP) is 3.21. The van der Waals surface area contributed by atoms with Gasteiger partial charge >= 0.3 is 0 Å². The number of para-hydroxylation sites is 3. The first-order valence-corrected chi connectivity index (χ1v) is 8.66. The molecule has 0 aromatic heterocycles. The zero-order chi connectivity index (χ0) is 18.8. The third-order valence-corrected chi connectivity index (χ3v) is 4.46. The van der Waals surface area contributed by atoms with Crippen LogP contribution in [0.1, 0.15) is 20.3 Å². The normalized spacial score (nSPS) is 17.5. The minimum atomic E-state index is -1.38. The van der Waals surface area contributed by atoms with Gasteiger partial charge in [-0.3, -0.25) is 14.5 Å². The van der Waals surface area contributed by atoms with Crippen molar-refractivity contribution in [2.24, 2.45) is 11.7 Å². The number of benzene rings is 2. The summed E-state index contributed by atoms with van der Waals surface area (Å²) in [5.41, 5.74) is 7.06. The topological polar surface area (TPSA) is 66.6 Å². The highest BCUT2D eigenvalue weighted by atomic mass is 19.1. The van der Waals surface area contributed by atoms with E-state index in [4.69, 9.17) is 5.73 Å². The van der Waals surface area contributed by atoms with E-state index >= 15 is 0 Å². The molecule has 2 amide bonds. The van der Waals surface area contributed by atoms with Crippen molar-refractivity contribution in [1.82, 2.24) is 0 Å². The van der Waals surface area contributed by atoms with Crippen molar-refractivity contribution in [3.05, 3.63) is 54.3 Å². The lowest BCUT2D eigenvalue weighted by molar-refractivity contribution is -0.127. The smallest absolute Gasteiger partial charge is 0.258 e. The fourth-order valence-electron chi connectivity index (χ4n) is 3.03. The second-order valence-electron chi connectivity index (χ2n) is 6.76. The minimum absolute atomic E-state index is 0.0823. The second-order valence-corrected chi connectivity index (χ2v) is 6.76. The summed E-state index contributed by atoms with van der Waals surface area (Å²) in [6.07, 6.45) is 0.765. The fourth-order valence-corrected chi connectivity index (χ4v) is 3.03. The van der Waals surface area contributed by atoms with E-state index in [1.165, 1.54) is 17.0 Å². The summed E-state index contributed by atoms with van der Waals surface area (Å²) >= 11 is 0. The molecular weight excluding hydrogens is 333 g/mol. The van der Waals surface area contributed by atoms with Crippen LogP contribution in [0.2, 0.25) is 0 Å². The largest absolute Gasteiger partial charge is 0.312 e. The molecule has 2 aromatic rings. The van der Waals surface area contributed by atoms with E-state index in [0.29, 0.717) is 23.8 Å². The number of hydrogen-bond acceptors (Lipinski definition) is 3. The van der Waals surface area contributed by atoms with Crippen molar-refractivity contribution in [2.45, 2.75) is 26.3 Å². The monoisotopic (exact) mass is 355 g/mol. The van der Waals surface area contributed by atoms with Crippen LogP contribution in [0.5, 0.6) is 0 Å². The minimum Gasteiger partial charge on any atom is -0.312 e. The fraction of sp³-hybridized carbons (Fsp3) is 0.300. The molecular formula is C20H22FN3O2. The second kappa shape index (κ2) is 7.25. The van der Waals surface area contributed by atoms with Gasteiger partial charge in [-0.05, 0) is 36.6 Å². The summed E-state index contributed by atoms with van der Waals surface area (Å²) in [6, 6.07) is 11.6. The van der Waals surface area contributed by atoms with Crippen molar-refractivity contribution < 1.29 is 14.0 Å². The number of nitrogens with zero attached hydrogens (tertiary/aromatic N) is 2. The maximum atomic E-state index is 14.4. The van der Waals surface area contributed by atoms with E-state index < -0.39 is 23.7 Å². The lowest BCUT2D eigenvalue weighted by atomic mass is 10.1. The van der Waals surface area contributed by atoms with Gasteiger partial charge in [0.15, 0.2) is 6.04 Å². The van der Waals surface area contributed by atoms with Crippen LogP contribution in [-0.4, -0.2) is 24.4 Å². The molecule has 1 aliphatic rings. The van der Waals surface area contributed by atoms with Crippen LogP contribution in [0, 0.1) is 11.7 Å². The number of rotatable bonds is 4. The number of nitrogens with two attached hydrogens (primary N) is 1. The van der Waals surface area contributed by atoms with Crippen molar-refractivity contribution in [2.75, 3.05) is 16.3 Å². The van der Waals surface area contributed by atoms with Crippen LogP contribution in [0.15, 0.2) is 48.5 Å². The van der Waals surface area contributed by atoms with Crippen LogP contribution in [0.25, 0.3) is 0 Å². The van der Waals surface area contributed by atoms with Crippen LogP contribution in [0.3, 0.4) is 0 Å². The van der Waals surface area contributed by atoms with Gasteiger partial charge in [0.05, 0.1) is 17.1 Å². The molecule has 3 rings (SSSR count). The number of fused-ring (bicyclic) bond motifs is 1. The summed E-state index contributed by atoms with van der Waals surface area (Å²) < 4.78 is 14.4. The first-order valence-electron chi connectivity index (χ1n) is 8.66. The molecule has 0 aliphatic carbocycles. The van der Waals surface area contributed by atoms with Crippen LogP contribution in [-0.2, 0) is 9.59 Å².